The number of hydrogen-bond acceptors (Lipinski definition) is 3. The second-order valence-electron chi connectivity index (χ2n) is 4.35. The maximum Gasteiger partial charge on any atom is 0.303 e. The number of carbonyl (C=O) groups is 1. The van der Waals surface area contributed by atoms with Gasteiger partial charge in [-0.2, -0.15) is 0 Å². The summed E-state index contributed by atoms with van der Waals surface area (Å²) in [6.07, 6.45) is 2.67. The molecule has 2 rings (SSSR count). The molecule has 2 aromatic rings. The number of rotatable bonds is 6. The monoisotopic (exact) mass is 247 g/mol. The first-order valence-corrected chi connectivity index (χ1v) is 5.99. The van der Waals surface area contributed by atoms with Crippen molar-refractivity contribution in [3.63, 3.8) is 0 Å². The van der Waals surface area contributed by atoms with E-state index in [2.05, 4.69) is 28.5 Å². The van der Waals surface area contributed by atoms with Gasteiger partial charge in [0.2, 0.25) is 0 Å². The Morgan fingerprint density at radius 1 is 1.50 bits per heavy atom. The lowest BCUT2D eigenvalue weighted by molar-refractivity contribution is -0.137. The van der Waals surface area contributed by atoms with Gasteiger partial charge in [0.15, 0.2) is 0 Å². The summed E-state index contributed by atoms with van der Waals surface area (Å²) in [4.78, 5) is 14.6. The number of carboxylic acids is 1. The van der Waals surface area contributed by atoms with Crippen molar-refractivity contribution >= 4 is 17.0 Å². The molecular weight excluding hydrogens is 230 g/mol. The Labute approximate surface area is 105 Å². The third-order valence-corrected chi connectivity index (χ3v) is 2.86. The normalized spacial score (nSPS) is 10.9. The van der Waals surface area contributed by atoms with Gasteiger partial charge < -0.3 is 15.0 Å². The molecule has 0 fully saturated rings. The predicted octanol–water partition coefficient (Wildman–Crippen LogP) is 1.53. The zero-order valence-electron chi connectivity index (χ0n) is 10.4. The molecule has 0 unspecified atom stereocenters. The summed E-state index contributed by atoms with van der Waals surface area (Å²) in [7, 11) is 1.97. The minimum absolute atomic E-state index is 0.215. The van der Waals surface area contributed by atoms with Gasteiger partial charge in [0.1, 0.15) is 0 Å². The topological polar surface area (TPSA) is 67.2 Å². The summed E-state index contributed by atoms with van der Waals surface area (Å²) in [5.41, 5.74) is 3.27. The van der Waals surface area contributed by atoms with Gasteiger partial charge in [-0.3, -0.25) is 4.79 Å². The molecule has 0 aliphatic heterocycles. The molecule has 1 heterocycles. The first-order valence-electron chi connectivity index (χ1n) is 5.99. The summed E-state index contributed by atoms with van der Waals surface area (Å²) >= 11 is 0. The summed E-state index contributed by atoms with van der Waals surface area (Å²) in [6.45, 7) is 1.46. The Balaban J connectivity index is 1.86. The molecule has 1 aromatic carbocycles. The van der Waals surface area contributed by atoms with Crippen molar-refractivity contribution in [2.45, 2.75) is 19.4 Å². The van der Waals surface area contributed by atoms with Crippen LogP contribution in [0.15, 0.2) is 24.5 Å². The van der Waals surface area contributed by atoms with E-state index >= 15 is 0 Å². The van der Waals surface area contributed by atoms with Crippen LogP contribution in [-0.4, -0.2) is 27.2 Å². The Hall–Kier alpha value is -1.88. The molecule has 0 atom stereocenters. The number of nitrogens with one attached hydrogen (secondary N) is 1. The number of aromatic nitrogens is 2. The smallest absolute Gasteiger partial charge is 0.303 e. The lowest BCUT2D eigenvalue weighted by Crippen LogP contribution is -2.15. The molecule has 0 aliphatic rings. The van der Waals surface area contributed by atoms with Crippen LogP contribution in [0.25, 0.3) is 11.0 Å². The minimum Gasteiger partial charge on any atom is -0.481 e. The van der Waals surface area contributed by atoms with Crippen LogP contribution >= 0.6 is 0 Å². The molecule has 0 amide bonds. The number of carboxylic acid groups (broad SMARTS) is 1. The molecule has 0 bridgehead atoms. The minimum atomic E-state index is -0.744. The van der Waals surface area contributed by atoms with Gasteiger partial charge in [-0.25, -0.2) is 4.98 Å². The fourth-order valence-corrected chi connectivity index (χ4v) is 1.89. The van der Waals surface area contributed by atoms with E-state index < -0.39 is 5.97 Å². The number of fused-ring (bicyclic) bond motifs is 1. The molecule has 5 heteroatoms. The Morgan fingerprint density at radius 3 is 3.11 bits per heavy atom. The summed E-state index contributed by atoms with van der Waals surface area (Å²) in [6, 6.07) is 6.17. The van der Waals surface area contributed by atoms with Gasteiger partial charge in [-0.05, 0) is 30.7 Å². The molecule has 0 saturated carbocycles. The van der Waals surface area contributed by atoms with E-state index in [0.717, 1.165) is 23.1 Å². The molecule has 18 heavy (non-hydrogen) atoms. The van der Waals surface area contributed by atoms with Gasteiger partial charge >= 0.3 is 5.97 Å². The van der Waals surface area contributed by atoms with Gasteiger partial charge in [0.25, 0.3) is 0 Å². The van der Waals surface area contributed by atoms with Gasteiger partial charge in [-0.1, -0.05) is 6.07 Å². The molecule has 0 spiro atoms. The summed E-state index contributed by atoms with van der Waals surface area (Å²) in [5.74, 6) is -0.744. The van der Waals surface area contributed by atoms with E-state index in [-0.39, 0.29) is 6.42 Å². The number of imidazole rings is 1. The SMILES string of the molecule is Cn1cnc2cc(CNCCCC(=O)O)ccc21. The third-order valence-electron chi connectivity index (χ3n) is 2.86. The highest BCUT2D eigenvalue weighted by molar-refractivity contribution is 5.75. The number of hydrogen-bond donors (Lipinski definition) is 2. The van der Waals surface area contributed by atoms with Gasteiger partial charge in [0.05, 0.1) is 17.4 Å². The van der Waals surface area contributed by atoms with Crippen molar-refractivity contribution < 1.29 is 9.90 Å². The van der Waals surface area contributed by atoms with Crippen LogP contribution in [0.1, 0.15) is 18.4 Å². The maximum atomic E-state index is 10.3. The van der Waals surface area contributed by atoms with Gasteiger partial charge in [-0.15, -0.1) is 0 Å². The zero-order chi connectivity index (χ0) is 13.0. The lowest BCUT2D eigenvalue weighted by Gasteiger charge is -2.04. The van der Waals surface area contributed by atoms with E-state index in [9.17, 15) is 4.79 Å². The summed E-state index contributed by atoms with van der Waals surface area (Å²) < 4.78 is 1.99. The molecule has 0 aliphatic carbocycles. The fourth-order valence-electron chi connectivity index (χ4n) is 1.89. The third kappa shape index (κ3) is 3.07. The van der Waals surface area contributed by atoms with Crippen LogP contribution in [-0.2, 0) is 18.4 Å². The zero-order valence-corrected chi connectivity index (χ0v) is 10.4. The van der Waals surface area contributed by atoms with E-state index in [1.165, 1.54) is 0 Å². The molecule has 1 aromatic heterocycles. The Morgan fingerprint density at radius 2 is 2.33 bits per heavy atom. The van der Waals surface area contributed by atoms with Crippen molar-refractivity contribution in [3.05, 3.63) is 30.1 Å². The lowest BCUT2D eigenvalue weighted by atomic mass is 10.2. The molecule has 96 valence electrons. The van der Waals surface area contributed by atoms with Crippen molar-refractivity contribution in [1.29, 1.82) is 0 Å². The van der Waals surface area contributed by atoms with Crippen molar-refractivity contribution in [2.24, 2.45) is 7.05 Å². The second-order valence-corrected chi connectivity index (χ2v) is 4.35. The van der Waals surface area contributed by atoms with Crippen molar-refractivity contribution in [1.82, 2.24) is 14.9 Å². The molecule has 0 radical (unpaired) electrons. The van der Waals surface area contributed by atoms with E-state index in [0.29, 0.717) is 13.0 Å². The van der Waals surface area contributed by atoms with E-state index in [1.807, 2.05) is 11.6 Å². The number of benzene rings is 1. The van der Waals surface area contributed by atoms with Crippen molar-refractivity contribution in [3.8, 4) is 0 Å². The Kier molecular flexibility index (Phi) is 3.94. The van der Waals surface area contributed by atoms with Crippen LogP contribution in [0, 0.1) is 0 Å². The fraction of sp³-hybridized carbons (Fsp3) is 0.385. The highest BCUT2D eigenvalue weighted by atomic mass is 16.4. The van der Waals surface area contributed by atoms with Crippen LogP contribution in [0.5, 0.6) is 0 Å². The Bertz CT molecular complexity index is 548. The standard InChI is InChI=1S/C13H17N3O2/c1-16-9-15-11-7-10(4-5-12(11)16)8-14-6-2-3-13(17)18/h4-5,7,9,14H,2-3,6,8H2,1H3,(H,17,18). The number of aliphatic carboxylic acids is 1. The molecular formula is C13H17N3O2. The highest BCUT2D eigenvalue weighted by Crippen LogP contribution is 2.13. The molecule has 5 nitrogen and oxygen atoms in total. The molecule has 2 N–H and O–H groups in total. The van der Waals surface area contributed by atoms with Crippen LogP contribution < -0.4 is 5.32 Å². The van der Waals surface area contributed by atoms with E-state index in [1.54, 1.807) is 6.33 Å². The average molecular weight is 247 g/mol. The number of aryl methyl sites for hydroxylation is 1. The van der Waals surface area contributed by atoms with E-state index in [4.69, 9.17) is 5.11 Å². The first-order chi connectivity index (χ1) is 8.66. The van der Waals surface area contributed by atoms with Crippen LogP contribution in [0.3, 0.4) is 0 Å². The average Bonchev–Trinajstić information content (AvgIpc) is 2.70. The second kappa shape index (κ2) is 5.64. The summed E-state index contributed by atoms with van der Waals surface area (Å²) in [5, 5.41) is 11.7. The predicted molar refractivity (Wildman–Crippen MR) is 69.3 cm³/mol. The highest BCUT2D eigenvalue weighted by Gasteiger charge is 2.01. The number of nitrogens with zero attached hydrogens (tertiary/aromatic N) is 2. The largest absolute Gasteiger partial charge is 0.481 e. The first kappa shape index (κ1) is 12.6. The van der Waals surface area contributed by atoms with Gasteiger partial charge in [0, 0.05) is 20.0 Å². The van der Waals surface area contributed by atoms with Crippen molar-refractivity contribution in [2.75, 3.05) is 6.54 Å². The molecule has 0 saturated heterocycles. The van der Waals surface area contributed by atoms with Crippen LogP contribution in [0.2, 0.25) is 0 Å². The quantitative estimate of drug-likeness (QED) is 0.760. The van der Waals surface area contributed by atoms with Crippen LogP contribution in [0.4, 0.5) is 0 Å². The maximum absolute atomic E-state index is 10.3.